The van der Waals surface area contributed by atoms with E-state index in [4.69, 9.17) is 19.6 Å². The van der Waals surface area contributed by atoms with Crippen molar-refractivity contribution in [2.24, 2.45) is 5.73 Å². The first-order chi connectivity index (χ1) is 18.8. The van der Waals surface area contributed by atoms with E-state index in [9.17, 15) is 18.0 Å². The quantitative estimate of drug-likeness (QED) is 0.167. The highest BCUT2D eigenvalue weighted by atomic mass is 19.4. The lowest BCUT2D eigenvalue weighted by molar-refractivity contribution is -0.144. The maximum Gasteiger partial charge on any atom is 0.433 e. The third-order valence-electron chi connectivity index (χ3n) is 6.11. The second kappa shape index (κ2) is 12.7. The van der Waals surface area contributed by atoms with E-state index in [1.54, 1.807) is 67.8 Å². The minimum Gasteiger partial charge on any atom is -0.493 e. The van der Waals surface area contributed by atoms with Crippen LogP contribution >= 0.6 is 0 Å². The number of hydrogen-bond donors (Lipinski definition) is 1. The Morgan fingerprint density at radius 2 is 1.82 bits per heavy atom. The van der Waals surface area contributed by atoms with Crippen LogP contribution in [0.1, 0.15) is 37.4 Å². The van der Waals surface area contributed by atoms with Gasteiger partial charge in [0.15, 0.2) is 0 Å². The Morgan fingerprint density at radius 3 is 2.51 bits per heavy atom. The molecule has 0 aliphatic carbocycles. The Labute approximate surface area is 224 Å². The maximum atomic E-state index is 13.9. The molecule has 0 aliphatic rings. The van der Waals surface area contributed by atoms with Crippen molar-refractivity contribution in [3.63, 3.8) is 0 Å². The summed E-state index contributed by atoms with van der Waals surface area (Å²) in [6, 6.07) is 17.2. The van der Waals surface area contributed by atoms with Crippen LogP contribution in [0.3, 0.4) is 0 Å². The van der Waals surface area contributed by atoms with Crippen molar-refractivity contribution in [2.75, 3.05) is 13.2 Å². The number of ether oxygens (including phenoxy) is 2. The summed E-state index contributed by atoms with van der Waals surface area (Å²) in [5.41, 5.74) is 7.05. The molecule has 0 saturated carbocycles. The van der Waals surface area contributed by atoms with Gasteiger partial charge < -0.3 is 24.2 Å². The number of rotatable bonds is 12. The van der Waals surface area contributed by atoms with Crippen molar-refractivity contribution in [3.05, 3.63) is 84.4 Å². The molecule has 0 bridgehead atoms. The summed E-state index contributed by atoms with van der Waals surface area (Å²) in [6.07, 6.45) is -0.951. The van der Waals surface area contributed by atoms with E-state index in [1.165, 1.54) is 0 Å². The SMILES string of the molecule is CCOC(=O)C[C@H](N)CCCOc1ccccc1Cn1c(C(F)(F)F)cnc1-c1ccc(-c2ccco2)cc1. The summed E-state index contributed by atoms with van der Waals surface area (Å²) < 4.78 is 59.2. The second-order valence-electron chi connectivity index (χ2n) is 8.97. The summed E-state index contributed by atoms with van der Waals surface area (Å²) >= 11 is 0. The van der Waals surface area contributed by atoms with Crippen LogP contribution in [0.25, 0.3) is 22.7 Å². The fourth-order valence-corrected chi connectivity index (χ4v) is 4.23. The van der Waals surface area contributed by atoms with Crippen molar-refractivity contribution >= 4 is 5.97 Å². The lowest BCUT2D eigenvalue weighted by Crippen LogP contribution is -2.25. The topological polar surface area (TPSA) is 92.5 Å². The van der Waals surface area contributed by atoms with Gasteiger partial charge in [-0.05, 0) is 38.0 Å². The minimum atomic E-state index is -4.59. The van der Waals surface area contributed by atoms with Gasteiger partial charge in [0.25, 0.3) is 0 Å². The first-order valence-electron chi connectivity index (χ1n) is 12.6. The number of carbonyl (C=O) groups excluding carboxylic acids is 1. The highest BCUT2D eigenvalue weighted by Crippen LogP contribution is 2.35. The van der Waals surface area contributed by atoms with Gasteiger partial charge in [-0.15, -0.1) is 0 Å². The summed E-state index contributed by atoms with van der Waals surface area (Å²) in [6.45, 7) is 2.24. The van der Waals surface area contributed by atoms with Gasteiger partial charge in [-0.25, -0.2) is 4.98 Å². The molecule has 2 aromatic heterocycles. The lowest BCUT2D eigenvalue weighted by Gasteiger charge is -2.17. The molecule has 7 nitrogen and oxygen atoms in total. The number of nitrogens with zero attached hydrogens (tertiary/aromatic N) is 2. The fraction of sp³-hybridized carbons (Fsp3) is 0.310. The van der Waals surface area contributed by atoms with Crippen LogP contribution in [0, 0.1) is 0 Å². The molecular formula is C29H30F3N3O4. The number of halogens is 3. The molecule has 39 heavy (non-hydrogen) atoms. The molecule has 0 saturated heterocycles. The maximum absolute atomic E-state index is 13.9. The van der Waals surface area contributed by atoms with E-state index in [1.807, 2.05) is 6.07 Å². The molecule has 0 unspecified atom stereocenters. The van der Waals surface area contributed by atoms with E-state index in [0.29, 0.717) is 48.7 Å². The molecule has 10 heteroatoms. The molecule has 0 fully saturated rings. The highest BCUT2D eigenvalue weighted by molar-refractivity contribution is 5.70. The van der Waals surface area contributed by atoms with E-state index in [-0.39, 0.29) is 30.8 Å². The van der Waals surface area contributed by atoms with Crippen LogP contribution in [0.5, 0.6) is 5.75 Å². The van der Waals surface area contributed by atoms with Gasteiger partial charge in [-0.1, -0.05) is 42.5 Å². The van der Waals surface area contributed by atoms with Gasteiger partial charge in [0.1, 0.15) is 23.0 Å². The largest absolute Gasteiger partial charge is 0.493 e. The predicted octanol–water partition coefficient (Wildman–Crippen LogP) is 6.32. The lowest BCUT2D eigenvalue weighted by atomic mass is 10.1. The molecule has 2 N–H and O–H groups in total. The number of aromatic nitrogens is 2. The smallest absolute Gasteiger partial charge is 0.433 e. The number of furan rings is 1. The Morgan fingerprint density at radius 1 is 1.08 bits per heavy atom. The van der Waals surface area contributed by atoms with Gasteiger partial charge in [-0.3, -0.25) is 4.79 Å². The number of alkyl halides is 3. The number of imidazole rings is 1. The number of hydrogen-bond acceptors (Lipinski definition) is 6. The van der Waals surface area contributed by atoms with Crippen LogP contribution in [0.15, 0.2) is 77.5 Å². The van der Waals surface area contributed by atoms with Crippen LogP contribution in [-0.2, 0) is 22.3 Å². The first kappa shape index (κ1) is 28.0. The molecule has 2 heterocycles. The van der Waals surface area contributed by atoms with Gasteiger partial charge in [0, 0.05) is 22.7 Å². The summed E-state index contributed by atoms with van der Waals surface area (Å²) in [7, 11) is 0. The van der Waals surface area contributed by atoms with Crippen molar-refractivity contribution < 1.29 is 31.9 Å². The van der Waals surface area contributed by atoms with Crippen molar-refractivity contribution in [1.82, 2.24) is 9.55 Å². The Bertz CT molecular complexity index is 1350. The number of carbonyl (C=O) groups is 1. The van der Waals surface area contributed by atoms with Gasteiger partial charge in [0.05, 0.1) is 38.6 Å². The Kier molecular flexibility index (Phi) is 9.08. The Balaban J connectivity index is 1.50. The average molecular weight is 542 g/mol. The summed E-state index contributed by atoms with van der Waals surface area (Å²) in [4.78, 5) is 15.7. The number of benzene rings is 2. The van der Waals surface area contributed by atoms with Gasteiger partial charge >= 0.3 is 12.1 Å². The molecule has 2 aromatic carbocycles. The zero-order valence-electron chi connectivity index (χ0n) is 21.5. The predicted molar refractivity (Wildman–Crippen MR) is 140 cm³/mol. The van der Waals surface area contributed by atoms with Crippen LogP contribution < -0.4 is 10.5 Å². The average Bonchev–Trinajstić information content (AvgIpc) is 3.58. The van der Waals surface area contributed by atoms with E-state index in [0.717, 1.165) is 16.3 Å². The van der Waals surface area contributed by atoms with Crippen LogP contribution in [-0.4, -0.2) is 34.8 Å². The third-order valence-corrected chi connectivity index (χ3v) is 6.11. The van der Waals surface area contributed by atoms with Crippen molar-refractivity contribution in [2.45, 2.75) is 44.9 Å². The minimum absolute atomic E-state index is 0.0946. The molecule has 1 atom stereocenters. The Hall–Kier alpha value is -4.05. The molecule has 0 spiro atoms. The normalized spacial score (nSPS) is 12.3. The molecule has 4 aromatic rings. The standard InChI is InChI=1S/C29H30F3N3O4/c1-2-37-27(36)17-23(33)8-5-15-39-25-9-4-3-7-22(25)19-35-26(29(30,31)32)18-34-28(35)21-13-11-20(12-14-21)24-10-6-16-38-24/h3-4,6-7,9-14,16,18,23H,2,5,8,15,17,19,33H2,1H3/t23-/m1/s1. The molecule has 0 amide bonds. The molecular weight excluding hydrogens is 511 g/mol. The third kappa shape index (κ3) is 7.29. The first-order valence-corrected chi connectivity index (χ1v) is 12.6. The van der Waals surface area contributed by atoms with Crippen molar-refractivity contribution in [1.29, 1.82) is 0 Å². The fourth-order valence-electron chi connectivity index (χ4n) is 4.23. The van der Waals surface area contributed by atoms with Gasteiger partial charge in [0.2, 0.25) is 0 Å². The van der Waals surface area contributed by atoms with E-state index >= 15 is 0 Å². The van der Waals surface area contributed by atoms with Gasteiger partial charge in [-0.2, -0.15) is 13.2 Å². The van der Waals surface area contributed by atoms with Crippen molar-refractivity contribution in [3.8, 4) is 28.5 Å². The van der Waals surface area contributed by atoms with E-state index < -0.39 is 11.9 Å². The molecule has 0 radical (unpaired) electrons. The summed E-state index contributed by atoms with van der Waals surface area (Å²) in [5.74, 6) is 0.975. The summed E-state index contributed by atoms with van der Waals surface area (Å²) in [5, 5.41) is 0. The van der Waals surface area contributed by atoms with Crippen LogP contribution in [0.4, 0.5) is 13.2 Å². The molecule has 0 aliphatic heterocycles. The van der Waals surface area contributed by atoms with E-state index in [2.05, 4.69) is 4.98 Å². The monoisotopic (exact) mass is 541 g/mol. The number of esters is 1. The number of nitrogens with two attached hydrogens (primary N) is 1. The molecule has 4 rings (SSSR count). The highest BCUT2D eigenvalue weighted by Gasteiger charge is 2.36. The number of para-hydroxylation sites is 1. The van der Waals surface area contributed by atoms with Crippen LogP contribution in [0.2, 0.25) is 0 Å². The second-order valence-corrected chi connectivity index (χ2v) is 8.97. The molecule has 206 valence electrons. The zero-order chi connectivity index (χ0) is 27.8. The zero-order valence-corrected chi connectivity index (χ0v) is 21.5.